The Morgan fingerprint density at radius 2 is 1.86 bits per heavy atom. The van der Waals surface area contributed by atoms with E-state index in [1.807, 2.05) is 49.4 Å². The van der Waals surface area contributed by atoms with Crippen molar-refractivity contribution in [1.29, 1.82) is 0 Å². The second-order valence-corrected chi connectivity index (χ2v) is 8.83. The number of imidazole rings is 1. The van der Waals surface area contributed by atoms with Gasteiger partial charge in [-0.3, -0.25) is 9.69 Å². The van der Waals surface area contributed by atoms with Gasteiger partial charge in [-0.05, 0) is 48.9 Å². The summed E-state index contributed by atoms with van der Waals surface area (Å²) >= 11 is 0. The molecule has 0 spiro atoms. The molecule has 0 bridgehead atoms. The van der Waals surface area contributed by atoms with Crippen LogP contribution in [0.2, 0.25) is 0 Å². The molecule has 0 unspecified atom stereocenters. The lowest BCUT2D eigenvalue weighted by Crippen LogP contribution is -2.39. The number of morpholine rings is 1. The molecule has 1 fully saturated rings. The number of nitrogens with one attached hydrogen (secondary N) is 1. The molecule has 3 heterocycles. The number of hydrogen-bond donors (Lipinski definition) is 2. The number of nitrogens with zero attached hydrogens (tertiary/aromatic N) is 4. The number of ether oxygens (including phenoxy) is 3. The molecule has 1 saturated heterocycles. The molecule has 1 amide bonds. The Bertz CT molecular complexity index is 1400. The predicted octanol–water partition coefficient (Wildman–Crippen LogP) is 3.35. The number of fused-ring (bicyclic) bond motifs is 1. The maximum atomic E-state index is 11.7. The van der Waals surface area contributed by atoms with E-state index in [4.69, 9.17) is 25.0 Å². The normalized spacial score (nSPS) is 14.0. The molecule has 1 aliphatic heterocycles. The molecule has 1 aliphatic rings. The standard InChI is InChI=1S/C27H30N6O4/c1-18-15-19(3-8-22(18)26(28)34)24-17-30-27-23(29-9-10-32-11-13-36-14-12-32)16-25(31-33(24)27)37-21-6-4-20(35-2)5-7-21/h3-8,15-17,29H,9-14H2,1-2H3,(H2,28,34). The Kier molecular flexibility index (Phi) is 7.20. The summed E-state index contributed by atoms with van der Waals surface area (Å²) in [6, 6.07) is 14.7. The highest BCUT2D eigenvalue weighted by atomic mass is 16.5. The Morgan fingerprint density at radius 1 is 1.11 bits per heavy atom. The van der Waals surface area contributed by atoms with Gasteiger partial charge in [0, 0.05) is 43.4 Å². The van der Waals surface area contributed by atoms with Crippen LogP contribution in [0.4, 0.5) is 5.69 Å². The molecule has 5 rings (SSSR count). The Labute approximate surface area is 215 Å². The third-order valence-corrected chi connectivity index (χ3v) is 6.36. The van der Waals surface area contributed by atoms with Crippen molar-refractivity contribution in [2.75, 3.05) is 51.8 Å². The van der Waals surface area contributed by atoms with Crippen molar-refractivity contribution in [3.63, 3.8) is 0 Å². The van der Waals surface area contributed by atoms with Crippen LogP contribution in [0, 0.1) is 6.92 Å². The first-order chi connectivity index (χ1) is 18.0. The molecule has 2 aromatic heterocycles. The van der Waals surface area contributed by atoms with Crippen molar-refractivity contribution in [2.45, 2.75) is 6.92 Å². The lowest BCUT2D eigenvalue weighted by molar-refractivity contribution is 0.0398. The van der Waals surface area contributed by atoms with Crippen LogP contribution < -0.4 is 20.5 Å². The molecular weight excluding hydrogens is 472 g/mol. The minimum Gasteiger partial charge on any atom is -0.497 e. The summed E-state index contributed by atoms with van der Waals surface area (Å²) in [4.78, 5) is 18.7. The van der Waals surface area contributed by atoms with E-state index in [1.165, 1.54) is 0 Å². The van der Waals surface area contributed by atoms with Gasteiger partial charge in [0.25, 0.3) is 0 Å². The van der Waals surface area contributed by atoms with Crippen LogP contribution >= 0.6 is 0 Å². The van der Waals surface area contributed by atoms with Crippen LogP contribution in [0.3, 0.4) is 0 Å². The van der Waals surface area contributed by atoms with Crippen molar-refractivity contribution in [1.82, 2.24) is 19.5 Å². The molecule has 0 atom stereocenters. The van der Waals surface area contributed by atoms with Gasteiger partial charge in [0.05, 0.1) is 37.9 Å². The Hall–Kier alpha value is -4.15. The highest BCUT2D eigenvalue weighted by Crippen LogP contribution is 2.30. The number of hydrogen-bond acceptors (Lipinski definition) is 8. The van der Waals surface area contributed by atoms with Crippen LogP contribution in [0.1, 0.15) is 15.9 Å². The summed E-state index contributed by atoms with van der Waals surface area (Å²) in [6.45, 7) is 6.84. The number of carbonyl (C=O) groups is 1. The fraction of sp³-hybridized carbons (Fsp3) is 0.296. The number of carbonyl (C=O) groups excluding carboxylic acids is 1. The Morgan fingerprint density at radius 3 is 2.57 bits per heavy atom. The molecule has 3 N–H and O–H groups in total. The number of rotatable bonds is 9. The van der Waals surface area contributed by atoms with Crippen LogP contribution in [-0.4, -0.2) is 71.9 Å². The molecule has 37 heavy (non-hydrogen) atoms. The van der Waals surface area contributed by atoms with E-state index in [0.717, 1.165) is 67.7 Å². The SMILES string of the molecule is COc1ccc(Oc2cc(NCCN3CCOCC3)c3ncc(-c4ccc(C(N)=O)c(C)c4)n3n2)cc1. The zero-order valence-electron chi connectivity index (χ0n) is 20.9. The number of anilines is 1. The van der Waals surface area contributed by atoms with Crippen LogP contribution in [0.25, 0.3) is 16.9 Å². The van der Waals surface area contributed by atoms with Gasteiger partial charge < -0.3 is 25.3 Å². The molecule has 0 saturated carbocycles. The smallest absolute Gasteiger partial charge is 0.248 e. The van der Waals surface area contributed by atoms with Gasteiger partial charge in [0.1, 0.15) is 11.5 Å². The van der Waals surface area contributed by atoms with E-state index >= 15 is 0 Å². The van der Waals surface area contributed by atoms with Gasteiger partial charge in [-0.15, -0.1) is 5.10 Å². The van der Waals surface area contributed by atoms with Crippen LogP contribution in [0.5, 0.6) is 17.4 Å². The summed E-state index contributed by atoms with van der Waals surface area (Å²) in [5.41, 5.74) is 9.88. The number of primary amides is 1. The number of amides is 1. The van der Waals surface area contributed by atoms with Crippen molar-refractivity contribution >= 4 is 17.2 Å². The van der Waals surface area contributed by atoms with E-state index in [-0.39, 0.29) is 0 Å². The Balaban J connectivity index is 1.48. The largest absolute Gasteiger partial charge is 0.497 e. The quantitative estimate of drug-likeness (QED) is 0.358. The number of aromatic nitrogens is 3. The van der Waals surface area contributed by atoms with Gasteiger partial charge in [-0.1, -0.05) is 6.07 Å². The number of nitrogens with two attached hydrogens (primary N) is 1. The fourth-order valence-corrected chi connectivity index (χ4v) is 4.36. The van der Waals surface area contributed by atoms with Gasteiger partial charge in [0.15, 0.2) is 5.65 Å². The lowest BCUT2D eigenvalue weighted by Gasteiger charge is -2.26. The zero-order valence-corrected chi connectivity index (χ0v) is 20.9. The van der Waals surface area contributed by atoms with Gasteiger partial charge >= 0.3 is 0 Å². The first kappa shape index (κ1) is 24.5. The van der Waals surface area contributed by atoms with E-state index in [1.54, 1.807) is 23.9 Å². The van der Waals surface area contributed by atoms with Gasteiger partial charge in [-0.2, -0.15) is 0 Å². The second kappa shape index (κ2) is 10.9. The zero-order chi connectivity index (χ0) is 25.8. The number of aryl methyl sites for hydroxylation is 1. The fourth-order valence-electron chi connectivity index (χ4n) is 4.36. The second-order valence-electron chi connectivity index (χ2n) is 8.83. The summed E-state index contributed by atoms with van der Waals surface area (Å²) in [5, 5.41) is 8.25. The molecule has 0 aliphatic carbocycles. The summed E-state index contributed by atoms with van der Waals surface area (Å²) in [7, 11) is 1.62. The maximum absolute atomic E-state index is 11.7. The highest BCUT2D eigenvalue weighted by Gasteiger charge is 2.16. The van der Waals surface area contributed by atoms with Crippen molar-refractivity contribution in [3.05, 3.63) is 65.9 Å². The monoisotopic (exact) mass is 502 g/mol. The molecule has 192 valence electrons. The topological polar surface area (TPSA) is 116 Å². The summed E-state index contributed by atoms with van der Waals surface area (Å²) in [5.74, 6) is 1.33. The van der Waals surface area contributed by atoms with Gasteiger partial charge in [-0.25, -0.2) is 9.50 Å². The number of methoxy groups -OCH3 is 1. The first-order valence-electron chi connectivity index (χ1n) is 12.2. The van der Waals surface area contributed by atoms with Crippen LogP contribution in [-0.2, 0) is 4.74 Å². The lowest BCUT2D eigenvalue weighted by atomic mass is 10.0. The highest BCUT2D eigenvalue weighted by molar-refractivity contribution is 5.94. The van der Waals surface area contributed by atoms with Gasteiger partial charge in [0.2, 0.25) is 11.8 Å². The van der Waals surface area contributed by atoms with Crippen LogP contribution in [0.15, 0.2) is 54.7 Å². The summed E-state index contributed by atoms with van der Waals surface area (Å²) in [6.07, 6.45) is 1.77. The summed E-state index contributed by atoms with van der Waals surface area (Å²) < 4.78 is 18.6. The third kappa shape index (κ3) is 5.50. The third-order valence-electron chi connectivity index (χ3n) is 6.36. The predicted molar refractivity (Wildman–Crippen MR) is 140 cm³/mol. The van der Waals surface area contributed by atoms with E-state index in [2.05, 4.69) is 15.2 Å². The molecular formula is C27H30N6O4. The minimum atomic E-state index is -0.456. The van der Waals surface area contributed by atoms with E-state index in [0.29, 0.717) is 22.8 Å². The molecule has 4 aromatic rings. The molecule has 2 aromatic carbocycles. The average molecular weight is 503 g/mol. The number of benzene rings is 2. The van der Waals surface area contributed by atoms with Crippen molar-refractivity contribution < 1.29 is 19.0 Å². The van der Waals surface area contributed by atoms with Crippen molar-refractivity contribution in [2.24, 2.45) is 5.73 Å². The molecule has 10 nitrogen and oxygen atoms in total. The first-order valence-corrected chi connectivity index (χ1v) is 12.2. The molecule has 0 radical (unpaired) electrons. The molecule has 10 heteroatoms. The van der Waals surface area contributed by atoms with E-state index in [9.17, 15) is 4.79 Å². The van der Waals surface area contributed by atoms with Crippen molar-refractivity contribution in [3.8, 4) is 28.6 Å². The minimum absolute atomic E-state index is 0.413. The average Bonchev–Trinajstić information content (AvgIpc) is 3.33. The maximum Gasteiger partial charge on any atom is 0.248 e. The van der Waals surface area contributed by atoms with E-state index < -0.39 is 5.91 Å².